The van der Waals surface area contributed by atoms with Gasteiger partial charge in [-0.2, -0.15) is 0 Å². The number of carbonyl (C=O) groups is 1. The van der Waals surface area contributed by atoms with Crippen LogP contribution in [0.15, 0.2) is 24.3 Å². The summed E-state index contributed by atoms with van der Waals surface area (Å²) in [6.07, 6.45) is 10.5. The van der Waals surface area contributed by atoms with Crippen LogP contribution in [-0.4, -0.2) is 30.0 Å². The zero-order valence-corrected chi connectivity index (χ0v) is 14.7. The van der Waals surface area contributed by atoms with E-state index >= 15 is 0 Å². The molecule has 4 heteroatoms. The van der Waals surface area contributed by atoms with Gasteiger partial charge in [-0.25, -0.2) is 0 Å². The molecular formula is C19H28N2OS. The third-order valence-corrected chi connectivity index (χ3v) is 6.25. The summed E-state index contributed by atoms with van der Waals surface area (Å²) in [5, 5.41) is 3.72. The molecule has 0 aromatic heterocycles. The topological polar surface area (TPSA) is 32.3 Å². The van der Waals surface area contributed by atoms with E-state index in [2.05, 4.69) is 22.3 Å². The lowest BCUT2D eigenvalue weighted by atomic mass is 10.0. The number of amides is 1. The number of hydrogen-bond acceptors (Lipinski definition) is 3. The highest BCUT2D eigenvalue weighted by molar-refractivity contribution is 8.00. The summed E-state index contributed by atoms with van der Waals surface area (Å²) in [5.41, 5.74) is 2.19. The van der Waals surface area contributed by atoms with E-state index in [4.69, 9.17) is 0 Å². The summed E-state index contributed by atoms with van der Waals surface area (Å²) < 4.78 is 0. The second-order valence-corrected chi connectivity index (χ2v) is 8.00. The largest absolute Gasteiger partial charge is 0.372 e. The van der Waals surface area contributed by atoms with Crippen molar-refractivity contribution in [2.75, 3.05) is 29.1 Å². The van der Waals surface area contributed by atoms with Gasteiger partial charge in [0.2, 0.25) is 5.91 Å². The van der Waals surface area contributed by atoms with E-state index in [9.17, 15) is 4.79 Å². The van der Waals surface area contributed by atoms with Gasteiger partial charge in [0.25, 0.3) is 0 Å². The first kappa shape index (κ1) is 16.7. The molecule has 2 aliphatic rings. The predicted octanol–water partition coefficient (Wildman–Crippen LogP) is 4.68. The van der Waals surface area contributed by atoms with Crippen LogP contribution in [0.1, 0.15) is 51.4 Å². The Balaban J connectivity index is 1.44. The molecule has 0 unspecified atom stereocenters. The molecule has 0 bridgehead atoms. The van der Waals surface area contributed by atoms with E-state index in [0.29, 0.717) is 11.0 Å². The van der Waals surface area contributed by atoms with E-state index in [-0.39, 0.29) is 5.91 Å². The van der Waals surface area contributed by atoms with E-state index < -0.39 is 0 Å². The van der Waals surface area contributed by atoms with Gasteiger partial charge >= 0.3 is 0 Å². The van der Waals surface area contributed by atoms with Crippen molar-refractivity contribution < 1.29 is 4.79 Å². The number of thioether (sulfide) groups is 1. The Kier molecular flexibility index (Phi) is 6.26. The van der Waals surface area contributed by atoms with Gasteiger partial charge in [0.05, 0.1) is 5.75 Å². The van der Waals surface area contributed by atoms with Gasteiger partial charge < -0.3 is 10.2 Å². The molecule has 0 radical (unpaired) electrons. The Morgan fingerprint density at radius 2 is 1.65 bits per heavy atom. The third-order valence-electron chi connectivity index (χ3n) is 4.87. The number of nitrogens with zero attached hydrogens (tertiary/aromatic N) is 1. The van der Waals surface area contributed by atoms with E-state index in [0.717, 1.165) is 18.8 Å². The average molecular weight is 333 g/mol. The molecule has 1 saturated carbocycles. The molecular weight excluding hydrogens is 304 g/mol. The molecule has 0 atom stereocenters. The Labute approximate surface area is 144 Å². The molecule has 1 N–H and O–H groups in total. The summed E-state index contributed by atoms with van der Waals surface area (Å²) in [4.78, 5) is 14.5. The van der Waals surface area contributed by atoms with Crippen LogP contribution >= 0.6 is 11.8 Å². The Hall–Kier alpha value is -1.16. The zero-order chi connectivity index (χ0) is 15.9. The molecule has 1 saturated heterocycles. The number of nitrogens with one attached hydrogen (secondary N) is 1. The summed E-state index contributed by atoms with van der Waals surface area (Å²) in [6.45, 7) is 2.31. The van der Waals surface area contributed by atoms with Gasteiger partial charge in [-0.15, -0.1) is 11.8 Å². The summed E-state index contributed by atoms with van der Waals surface area (Å²) in [5.74, 6) is 0.713. The van der Waals surface area contributed by atoms with Crippen LogP contribution in [0.3, 0.4) is 0 Å². The molecule has 1 aliphatic carbocycles. The van der Waals surface area contributed by atoms with E-state index in [1.807, 2.05) is 23.9 Å². The highest BCUT2D eigenvalue weighted by Gasteiger charge is 2.15. The first-order chi connectivity index (χ1) is 11.3. The maximum absolute atomic E-state index is 12.1. The maximum atomic E-state index is 12.1. The molecule has 1 aromatic carbocycles. The minimum atomic E-state index is 0.131. The summed E-state index contributed by atoms with van der Waals surface area (Å²) in [6, 6.07) is 8.34. The molecule has 23 heavy (non-hydrogen) atoms. The lowest BCUT2D eigenvalue weighted by Crippen LogP contribution is -2.29. The summed E-state index contributed by atoms with van der Waals surface area (Å²) >= 11 is 1.83. The van der Waals surface area contributed by atoms with Gasteiger partial charge in [0.1, 0.15) is 0 Å². The third kappa shape index (κ3) is 5.17. The van der Waals surface area contributed by atoms with Gasteiger partial charge in [-0.05, 0) is 56.4 Å². The molecule has 3 nitrogen and oxygen atoms in total. The second-order valence-electron chi connectivity index (χ2n) is 6.71. The zero-order valence-electron chi connectivity index (χ0n) is 13.9. The number of benzene rings is 1. The van der Waals surface area contributed by atoms with Crippen LogP contribution in [0.4, 0.5) is 11.4 Å². The van der Waals surface area contributed by atoms with Crippen LogP contribution in [-0.2, 0) is 4.79 Å². The number of rotatable bonds is 5. The maximum Gasteiger partial charge on any atom is 0.234 e. The molecule has 1 heterocycles. The van der Waals surface area contributed by atoms with Crippen molar-refractivity contribution in [3.63, 3.8) is 0 Å². The Morgan fingerprint density at radius 1 is 1.00 bits per heavy atom. The van der Waals surface area contributed by atoms with Gasteiger partial charge in [0.15, 0.2) is 0 Å². The Morgan fingerprint density at radius 3 is 2.35 bits per heavy atom. The number of hydrogen-bond donors (Lipinski definition) is 1. The quantitative estimate of drug-likeness (QED) is 0.849. The van der Waals surface area contributed by atoms with Crippen molar-refractivity contribution in [1.29, 1.82) is 0 Å². The van der Waals surface area contributed by atoms with Crippen molar-refractivity contribution in [3.05, 3.63) is 24.3 Å². The van der Waals surface area contributed by atoms with Crippen molar-refractivity contribution in [1.82, 2.24) is 0 Å². The first-order valence-electron chi connectivity index (χ1n) is 9.08. The van der Waals surface area contributed by atoms with Crippen LogP contribution in [0.2, 0.25) is 0 Å². The minimum Gasteiger partial charge on any atom is -0.372 e. The molecule has 2 fully saturated rings. The molecule has 1 aromatic rings. The molecule has 0 spiro atoms. The standard InChI is InChI=1S/C19H28N2OS/c22-19(15-23-18-7-3-1-4-8-18)20-16-9-11-17(12-10-16)21-13-5-2-6-14-21/h9-12,18H,1-8,13-15H2,(H,20,22). The van der Waals surface area contributed by atoms with Crippen LogP contribution in [0.25, 0.3) is 0 Å². The van der Waals surface area contributed by atoms with Crippen LogP contribution in [0.5, 0.6) is 0 Å². The first-order valence-corrected chi connectivity index (χ1v) is 10.1. The number of piperidine rings is 1. The lowest BCUT2D eigenvalue weighted by Gasteiger charge is -2.28. The van der Waals surface area contributed by atoms with Crippen molar-refractivity contribution >= 4 is 29.0 Å². The second kappa shape index (κ2) is 8.62. The molecule has 1 aliphatic heterocycles. The smallest absolute Gasteiger partial charge is 0.234 e. The predicted molar refractivity (Wildman–Crippen MR) is 100 cm³/mol. The molecule has 1 amide bonds. The van der Waals surface area contributed by atoms with Gasteiger partial charge in [-0.3, -0.25) is 4.79 Å². The minimum absolute atomic E-state index is 0.131. The van der Waals surface area contributed by atoms with Gasteiger partial charge in [-0.1, -0.05) is 19.3 Å². The molecule has 126 valence electrons. The normalized spacial score (nSPS) is 19.6. The highest BCUT2D eigenvalue weighted by Crippen LogP contribution is 2.28. The molecule has 3 rings (SSSR count). The van der Waals surface area contributed by atoms with E-state index in [1.165, 1.54) is 57.1 Å². The SMILES string of the molecule is O=C(CSC1CCCCC1)Nc1ccc(N2CCCCC2)cc1. The number of anilines is 2. The highest BCUT2D eigenvalue weighted by atomic mass is 32.2. The van der Waals surface area contributed by atoms with Crippen molar-refractivity contribution in [3.8, 4) is 0 Å². The van der Waals surface area contributed by atoms with Crippen molar-refractivity contribution in [2.45, 2.75) is 56.6 Å². The average Bonchev–Trinajstić information content (AvgIpc) is 2.62. The van der Waals surface area contributed by atoms with E-state index in [1.54, 1.807) is 0 Å². The van der Waals surface area contributed by atoms with Crippen LogP contribution in [0, 0.1) is 0 Å². The number of carbonyl (C=O) groups excluding carboxylic acids is 1. The van der Waals surface area contributed by atoms with Gasteiger partial charge in [0, 0.05) is 29.7 Å². The fraction of sp³-hybridized carbons (Fsp3) is 0.632. The fourth-order valence-electron chi connectivity index (χ4n) is 3.53. The van der Waals surface area contributed by atoms with Crippen LogP contribution < -0.4 is 10.2 Å². The fourth-order valence-corrected chi connectivity index (χ4v) is 4.66. The lowest BCUT2D eigenvalue weighted by molar-refractivity contribution is -0.113. The van der Waals surface area contributed by atoms with Crippen molar-refractivity contribution in [2.24, 2.45) is 0 Å². The Bertz CT molecular complexity index is 491. The summed E-state index contributed by atoms with van der Waals surface area (Å²) in [7, 11) is 0. The monoisotopic (exact) mass is 332 g/mol.